The fourth-order valence-corrected chi connectivity index (χ4v) is 3.41. The maximum atomic E-state index is 14.2. The molecule has 2 aromatic carbocycles. The number of hydrogen-bond acceptors (Lipinski definition) is 3. The van der Waals surface area contributed by atoms with E-state index in [-0.39, 0.29) is 11.1 Å². The number of carboxylic acid groups (broad SMARTS) is 1. The van der Waals surface area contributed by atoms with E-state index >= 15 is 0 Å². The molecule has 0 aliphatic rings. The summed E-state index contributed by atoms with van der Waals surface area (Å²) >= 11 is 1.13. The Morgan fingerprint density at radius 2 is 1.80 bits per heavy atom. The molecule has 0 spiro atoms. The van der Waals surface area contributed by atoms with Gasteiger partial charge in [-0.2, -0.15) is 4.40 Å². The average molecular weight is 379 g/mol. The third-order valence-electron chi connectivity index (χ3n) is 3.15. The van der Waals surface area contributed by atoms with Crippen molar-refractivity contribution in [2.45, 2.75) is 35.3 Å². The standard InChI is InChI=1S/C18H18FNO3S2/c1-18(2,3)25(23)20-11-13-14(19)8-6-10-16(13)24-15-9-5-4-7-12(15)17(21)22/h4-11H,1-3H3,(H,21,22). The minimum atomic E-state index is -1.51. The van der Waals surface area contributed by atoms with E-state index < -0.39 is 27.5 Å². The van der Waals surface area contributed by atoms with Crippen molar-refractivity contribution in [3.8, 4) is 0 Å². The largest absolute Gasteiger partial charge is 0.478 e. The minimum absolute atomic E-state index is 0.137. The van der Waals surface area contributed by atoms with E-state index in [4.69, 9.17) is 0 Å². The lowest BCUT2D eigenvalue weighted by atomic mass is 10.2. The average Bonchev–Trinajstić information content (AvgIpc) is 2.53. The predicted molar refractivity (Wildman–Crippen MR) is 99.4 cm³/mol. The number of carboxylic acids is 1. The molecule has 1 N–H and O–H groups in total. The molecule has 0 radical (unpaired) electrons. The van der Waals surface area contributed by atoms with Crippen molar-refractivity contribution >= 4 is 34.9 Å². The summed E-state index contributed by atoms with van der Waals surface area (Å²) in [5, 5.41) is 9.28. The van der Waals surface area contributed by atoms with Gasteiger partial charge in [0.2, 0.25) is 0 Å². The zero-order chi connectivity index (χ0) is 18.6. The monoisotopic (exact) mass is 379 g/mol. The highest BCUT2D eigenvalue weighted by Gasteiger charge is 2.19. The summed E-state index contributed by atoms with van der Waals surface area (Å²) in [6, 6.07) is 11.0. The molecular weight excluding hydrogens is 361 g/mol. The summed E-state index contributed by atoms with van der Waals surface area (Å²) in [4.78, 5) is 12.3. The maximum absolute atomic E-state index is 14.2. The number of hydrogen-bond donors (Lipinski definition) is 1. The van der Waals surface area contributed by atoms with Crippen molar-refractivity contribution in [1.82, 2.24) is 0 Å². The van der Waals surface area contributed by atoms with Crippen LogP contribution in [-0.2, 0) is 11.0 Å². The van der Waals surface area contributed by atoms with Gasteiger partial charge in [-0.05, 0) is 45.0 Å². The fraction of sp³-hybridized carbons (Fsp3) is 0.222. The van der Waals surface area contributed by atoms with E-state index in [9.17, 15) is 18.5 Å². The Morgan fingerprint density at radius 1 is 1.16 bits per heavy atom. The van der Waals surface area contributed by atoms with E-state index in [1.807, 2.05) is 0 Å². The number of halogens is 1. The zero-order valence-corrected chi connectivity index (χ0v) is 15.7. The number of rotatable bonds is 5. The first-order valence-corrected chi connectivity index (χ1v) is 9.37. The molecule has 1 unspecified atom stereocenters. The summed E-state index contributed by atoms with van der Waals surface area (Å²) < 4.78 is 29.7. The molecule has 0 saturated heterocycles. The van der Waals surface area contributed by atoms with E-state index in [1.165, 1.54) is 18.3 Å². The highest BCUT2D eigenvalue weighted by Crippen LogP contribution is 2.33. The van der Waals surface area contributed by atoms with Crippen LogP contribution in [0.25, 0.3) is 0 Å². The van der Waals surface area contributed by atoms with Crippen molar-refractivity contribution < 1.29 is 18.5 Å². The number of benzene rings is 2. The Bertz CT molecular complexity index is 844. The third-order valence-corrected chi connectivity index (χ3v) is 5.65. The number of nitrogens with zero attached hydrogens (tertiary/aromatic N) is 1. The Balaban J connectivity index is 2.41. The summed E-state index contributed by atoms with van der Waals surface area (Å²) in [6.07, 6.45) is 1.25. The maximum Gasteiger partial charge on any atom is 0.336 e. The van der Waals surface area contributed by atoms with E-state index in [0.717, 1.165) is 11.8 Å². The predicted octanol–water partition coefficient (Wildman–Crippen LogP) is 4.56. The third kappa shape index (κ3) is 4.99. The molecule has 0 heterocycles. The van der Waals surface area contributed by atoms with Crippen LogP contribution in [0.5, 0.6) is 0 Å². The normalized spacial score (nSPS) is 13.1. The van der Waals surface area contributed by atoms with Crippen LogP contribution in [0.3, 0.4) is 0 Å². The van der Waals surface area contributed by atoms with Gasteiger partial charge in [0.1, 0.15) is 16.8 Å². The molecular formula is C18H18FNO3S2. The molecule has 0 bridgehead atoms. The highest BCUT2D eigenvalue weighted by molar-refractivity contribution is 7.99. The Kier molecular flexibility index (Phi) is 6.13. The van der Waals surface area contributed by atoms with Crippen LogP contribution >= 0.6 is 11.8 Å². The lowest BCUT2D eigenvalue weighted by molar-refractivity contribution is 0.0693. The second-order valence-electron chi connectivity index (χ2n) is 6.15. The highest BCUT2D eigenvalue weighted by atomic mass is 32.2. The number of carbonyl (C=O) groups is 1. The second kappa shape index (κ2) is 7.93. The van der Waals surface area contributed by atoms with Crippen LogP contribution < -0.4 is 0 Å². The molecule has 0 aliphatic heterocycles. The molecule has 7 heteroatoms. The van der Waals surface area contributed by atoms with Crippen LogP contribution in [0, 0.1) is 5.82 Å². The Hall–Kier alpha value is -1.99. The van der Waals surface area contributed by atoms with Gasteiger partial charge in [-0.15, -0.1) is 0 Å². The molecule has 25 heavy (non-hydrogen) atoms. The molecule has 0 aliphatic carbocycles. The molecule has 0 fully saturated rings. The van der Waals surface area contributed by atoms with Crippen LogP contribution in [-0.4, -0.2) is 26.2 Å². The van der Waals surface area contributed by atoms with Gasteiger partial charge < -0.3 is 5.11 Å². The van der Waals surface area contributed by atoms with Gasteiger partial charge in [-0.1, -0.05) is 30.0 Å². The topological polar surface area (TPSA) is 66.7 Å². The lowest BCUT2D eigenvalue weighted by Crippen LogP contribution is -2.19. The van der Waals surface area contributed by atoms with Gasteiger partial charge in [0, 0.05) is 21.6 Å². The van der Waals surface area contributed by atoms with Gasteiger partial charge in [-0.25, -0.2) is 13.4 Å². The van der Waals surface area contributed by atoms with Gasteiger partial charge in [0.15, 0.2) is 0 Å². The quantitative estimate of drug-likeness (QED) is 0.774. The zero-order valence-electron chi connectivity index (χ0n) is 14.0. The fourth-order valence-electron chi connectivity index (χ4n) is 1.84. The molecule has 0 amide bonds. The van der Waals surface area contributed by atoms with Crippen molar-refractivity contribution in [2.24, 2.45) is 4.40 Å². The molecule has 2 rings (SSSR count). The lowest BCUT2D eigenvalue weighted by Gasteiger charge is -2.13. The van der Waals surface area contributed by atoms with Gasteiger partial charge in [0.25, 0.3) is 0 Å². The SMILES string of the molecule is CC(C)(C)S(=O)N=Cc1c(F)cccc1Sc1ccccc1C(=O)O. The van der Waals surface area contributed by atoms with Gasteiger partial charge in [0.05, 0.1) is 10.3 Å². The van der Waals surface area contributed by atoms with Gasteiger partial charge >= 0.3 is 5.97 Å². The van der Waals surface area contributed by atoms with Crippen molar-refractivity contribution in [2.75, 3.05) is 0 Å². The first-order valence-electron chi connectivity index (χ1n) is 7.45. The number of aromatic carboxylic acids is 1. The molecule has 0 saturated carbocycles. The van der Waals surface area contributed by atoms with E-state index in [1.54, 1.807) is 51.1 Å². The summed E-state index contributed by atoms with van der Waals surface area (Å²) in [6.45, 7) is 5.34. The molecule has 2 aromatic rings. The Labute approximate surface area is 152 Å². The molecule has 1 atom stereocenters. The first-order chi connectivity index (χ1) is 11.7. The first kappa shape index (κ1) is 19.3. The summed E-state index contributed by atoms with van der Waals surface area (Å²) in [5.41, 5.74) is 0.322. The molecule has 0 aromatic heterocycles. The van der Waals surface area contributed by atoms with E-state index in [0.29, 0.717) is 9.79 Å². The van der Waals surface area contributed by atoms with Crippen LogP contribution in [0.1, 0.15) is 36.7 Å². The van der Waals surface area contributed by atoms with E-state index in [2.05, 4.69) is 4.40 Å². The van der Waals surface area contributed by atoms with Crippen molar-refractivity contribution in [1.29, 1.82) is 0 Å². The van der Waals surface area contributed by atoms with Crippen LogP contribution in [0.15, 0.2) is 56.7 Å². The van der Waals surface area contributed by atoms with Crippen LogP contribution in [0.2, 0.25) is 0 Å². The second-order valence-corrected chi connectivity index (χ2v) is 9.17. The van der Waals surface area contributed by atoms with Crippen molar-refractivity contribution in [3.63, 3.8) is 0 Å². The van der Waals surface area contributed by atoms with Crippen molar-refractivity contribution in [3.05, 3.63) is 59.4 Å². The smallest absolute Gasteiger partial charge is 0.336 e. The van der Waals surface area contributed by atoms with Crippen LogP contribution in [0.4, 0.5) is 4.39 Å². The van der Waals surface area contributed by atoms with Gasteiger partial charge in [-0.3, -0.25) is 0 Å². The molecule has 4 nitrogen and oxygen atoms in total. The summed E-state index contributed by atoms with van der Waals surface area (Å²) in [5.74, 6) is -1.56. The minimum Gasteiger partial charge on any atom is -0.478 e. The molecule has 132 valence electrons. The summed E-state index contributed by atoms with van der Waals surface area (Å²) in [7, 11) is -1.51. The Morgan fingerprint density at radius 3 is 2.44 bits per heavy atom.